The van der Waals surface area contributed by atoms with E-state index in [1.54, 1.807) is 0 Å². The first kappa shape index (κ1) is 50.9. The van der Waals surface area contributed by atoms with Gasteiger partial charge in [-0.25, -0.2) is 4.98 Å². The Balaban J connectivity index is 0.00000342. The number of benzene rings is 6. The zero-order valence-electron chi connectivity index (χ0n) is 42.1. The average molecular weight is 1260 g/mol. The van der Waals surface area contributed by atoms with Crippen LogP contribution in [0.4, 0.5) is 22.7 Å². The molecule has 8 aromatic rings. The summed E-state index contributed by atoms with van der Waals surface area (Å²) >= 11 is 0. The van der Waals surface area contributed by atoms with Crippen LogP contribution in [0.2, 0.25) is 0 Å². The number of anilines is 4. The molecule has 3 heterocycles. The summed E-state index contributed by atoms with van der Waals surface area (Å²) in [5.74, 6) is 2.05. The Morgan fingerprint density at radius 1 is 0.471 bits per heavy atom. The van der Waals surface area contributed by atoms with Crippen LogP contribution in [-0.4, -0.2) is 9.55 Å². The van der Waals surface area contributed by atoms with Crippen molar-refractivity contribution in [1.29, 1.82) is 0 Å². The molecule has 7 heteroatoms. The molecule has 68 heavy (non-hydrogen) atoms. The minimum Gasteiger partial charge on any atom is -0.509 e. The van der Waals surface area contributed by atoms with E-state index < -0.39 is 0 Å². The molecule has 0 saturated heterocycles. The molecular weight excluding hydrogens is 1190 g/mol. The van der Waals surface area contributed by atoms with E-state index in [-0.39, 0.29) is 69.2 Å². The largest absolute Gasteiger partial charge is 0.509 e. The first-order valence-electron chi connectivity index (χ1n) is 23.4. The van der Waals surface area contributed by atoms with Crippen molar-refractivity contribution >= 4 is 44.6 Å². The van der Waals surface area contributed by atoms with E-state index in [9.17, 15) is 0 Å². The van der Waals surface area contributed by atoms with Crippen molar-refractivity contribution < 1.29 is 46.9 Å². The predicted octanol–water partition coefficient (Wildman–Crippen LogP) is 16.5. The summed E-state index contributed by atoms with van der Waals surface area (Å²) < 4.78 is 8.92. The van der Waals surface area contributed by atoms with Crippen LogP contribution in [0.1, 0.15) is 130 Å². The van der Waals surface area contributed by atoms with Gasteiger partial charge in [-0.15, -0.1) is 48.1 Å². The Morgan fingerprint density at radius 2 is 1.00 bits per heavy atom. The first-order chi connectivity index (χ1) is 31.0. The van der Waals surface area contributed by atoms with E-state index in [0.717, 1.165) is 50.4 Å². The molecule has 0 fully saturated rings. The molecule has 5 nitrogen and oxygen atoms in total. The standard InChI is InChI=1S/C61H65N4O.2Pt/c1-57(2,3)41-30-42(58(4,5)6)33-45(32-41)61(13,14)40-28-29-62-56(36-40)65-52-23-16-15-22-50(52)51-27-26-49(38-55(51)65)66-48-21-19-20-46(37-48)63-39-64(54-25-18-17-24-53(54)63)47-34-43(59(7,8)9)31-44(35-47)60(10,11)12;;/h15-36,39H,1-14H3;;/q-3;;. The predicted molar refractivity (Wildman–Crippen MR) is 278 cm³/mol. The number of nitrogens with zero attached hydrogens (tertiary/aromatic N) is 4. The summed E-state index contributed by atoms with van der Waals surface area (Å²) in [7, 11) is 0. The third kappa shape index (κ3) is 9.78. The summed E-state index contributed by atoms with van der Waals surface area (Å²) in [6.45, 7) is 34.4. The van der Waals surface area contributed by atoms with Crippen LogP contribution in [0, 0.1) is 18.8 Å². The van der Waals surface area contributed by atoms with Gasteiger partial charge in [-0.2, -0.15) is 12.1 Å². The summed E-state index contributed by atoms with van der Waals surface area (Å²) in [4.78, 5) is 9.54. The van der Waals surface area contributed by atoms with Gasteiger partial charge in [0.25, 0.3) is 0 Å². The fourth-order valence-electron chi connectivity index (χ4n) is 9.00. The molecule has 358 valence electrons. The van der Waals surface area contributed by atoms with Gasteiger partial charge < -0.3 is 19.1 Å². The molecule has 0 aliphatic carbocycles. The van der Waals surface area contributed by atoms with Crippen molar-refractivity contribution in [2.45, 2.75) is 124 Å². The molecular formula is C61H65N4OPt2-3. The second kappa shape index (κ2) is 18.4. The van der Waals surface area contributed by atoms with Gasteiger partial charge in [0.1, 0.15) is 5.82 Å². The number of pyridine rings is 1. The van der Waals surface area contributed by atoms with Crippen molar-refractivity contribution in [3.63, 3.8) is 0 Å². The number of para-hydroxylation sites is 3. The second-order valence-corrected chi connectivity index (χ2v) is 22.9. The topological polar surface area (TPSA) is 33.5 Å². The molecule has 0 bridgehead atoms. The Bertz CT molecular complexity index is 3070. The van der Waals surface area contributed by atoms with Gasteiger partial charge in [0, 0.05) is 87.8 Å². The number of hydrogen-bond donors (Lipinski definition) is 0. The van der Waals surface area contributed by atoms with Crippen LogP contribution in [0.3, 0.4) is 0 Å². The number of rotatable bonds is 7. The zero-order valence-corrected chi connectivity index (χ0v) is 46.7. The normalized spacial score (nSPS) is 13.4. The third-order valence-corrected chi connectivity index (χ3v) is 13.4. The minimum atomic E-state index is -0.299. The van der Waals surface area contributed by atoms with Crippen molar-refractivity contribution in [3.05, 3.63) is 186 Å². The van der Waals surface area contributed by atoms with Crippen LogP contribution in [0.25, 0.3) is 27.6 Å². The van der Waals surface area contributed by atoms with Crippen LogP contribution in [-0.2, 0) is 69.2 Å². The maximum atomic E-state index is 6.69. The molecule has 0 atom stereocenters. The van der Waals surface area contributed by atoms with Gasteiger partial charge in [0.15, 0.2) is 0 Å². The fourth-order valence-corrected chi connectivity index (χ4v) is 9.00. The van der Waals surface area contributed by atoms with Gasteiger partial charge in [-0.1, -0.05) is 157 Å². The van der Waals surface area contributed by atoms with Crippen molar-refractivity contribution in [1.82, 2.24) is 9.55 Å². The van der Waals surface area contributed by atoms with Crippen molar-refractivity contribution in [3.8, 4) is 17.3 Å². The SMILES string of the molecule is CC(C)(C)c1cc(N2[CH-]N(c3[c-]c(Oc4[c-]c5c(cc4)c4ccccc4n5-c4cc(C(C)(C)c5cc(C(C)(C)C)cc(C(C)(C)C)c5)ccn4)ccc3)c3ccccc32)cc(C(C)(C)C)c1.[Pt].[Pt]. The number of hydrogen-bond acceptors (Lipinski definition) is 4. The molecule has 1 aliphatic rings. The van der Waals surface area contributed by atoms with Gasteiger partial charge in [-0.3, -0.25) is 0 Å². The molecule has 0 spiro atoms. The van der Waals surface area contributed by atoms with Crippen LogP contribution >= 0.6 is 0 Å². The summed E-state index contributed by atoms with van der Waals surface area (Å²) in [6, 6.07) is 53.3. The number of fused-ring (bicyclic) bond motifs is 4. The molecule has 6 aromatic carbocycles. The first-order valence-corrected chi connectivity index (χ1v) is 23.4. The van der Waals surface area contributed by atoms with E-state index >= 15 is 0 Å². The van der Waals surface area contributed by atoms with E-state index in [0.29, 0.717) is 11.5 Å². The Hall–Kier alpha value is -4.95. The Labute approximate surface area is 434 Å². The molecule has 1 aliphatic heterocycles. The van der Waals surface area contributed by atoms with Crippen LogP contribution in [0.5, 0.6) is 11.5 Å². The fraction of sp³-hybridized carbons (Fsp3) is 0.311. The monoisotopic (exact) mass is 1260 g/mol. The molecule has 0 unspecified atom stereocenters. The summed E-state index contributed by atoms with van der Waals surface area (Å²) in [5, 5.41) is 2.22. The van der Waals surface area contributed by atoms with Crippen molar-refractivity contribution in [2.75, 3.05) is 9.80 Å². The summed E-state index contributed by atoms with van der Waals surface area (Å²) in [6.07, 6.45) is 1.95. The minimum absolute atomic E-state index is 0. The smallest absolute Gasteiger partial charge is 0.135 e. The maximum Gasteiger partial charge on any atom is 0.135 e. The average Bonchev–Trinajstić information content (AvgIpc) is 3.81. The van der Waals surface area contributed by atoms with Crippen LogP contribution < -0.4 is 14.5 Å². The van der Waals surface area contributed by atoms with E-state index in [1.165, 1.54) is 33.4 Å². The third-order valence-electron chi connectivity index (χ3n) is 13.4. The van der Waals surface area contributed by atoms with Gasteiger partial charge in [-0.05, 0) is 103 Å². The van der Waals surface area contributed by atoms with E-state index in [4.69, 9.17) is 9.72 Å². The molecule has 9 rings (SSSR count). The Kier molecular flexibility index (Phi) is 13.8. The number of ether oxygens (including phenoxy) is 1. The zero-order chi connectivity index (χ0) is 47.1. The quantitative estimate of drug-likeness (QED) is 0.149. The number of aromatic nitrogens is 2. The van der Waals surface area contributed by atoms with Gasteiger partial charge >= 0.3 is 0 Å². The second-order valence-electron chi connectivity index (χ2n) is 22.9. The molecule has 2 aromatic heterocycles. The van der Waals surface area contributed by atoms with E-state index in [1.807, 2.05) is 24.4 Å². The van der Waals surface area contributed by atoms with Crippen LogP contribution in [0.15, 0.2) is 134 Å². The maximum absolute atomic E-state index is 6.69. The molecule has 0 saturated carbocycles. The van der Waals surface area contributed by atoms with E-state index in [2.05, 4.69) is 239 Å². The summed E-state index contributed by atoms with van der Waals surface area (Å²) in [5.41, 5.74) is 13.7. The molecule has 0 amide bonds. The molecule has 0 radical (unpaired) electrons. The Morgan fingerprint density at radius 3 is 1.60 bits per heavy atom. The van der Waals surface area contributed by atoms with Gasteiger partial charge in [0.2, 0.25) is 0 Å². The molecule has 0 N–H and O–H groups in total. The van der Waals surface area contributed by atoms with Gasteiger partial charge in [0.05, 0.1) is 0 Å². The van der Waals surface area contributed by atoms with Crippen molar-refractivity contribution in [2.24, 2.45) is 0 Å².